The molecule has 1 heterocycles. The van der Waals surface area contributed by atoms with Crippen LogP contribution in [0.3, 0.4) is 0 Å². The Labute approximate surface area is 140 Å². The molecule has 0 unspecified atom stereocenters. The first-order valence-corrected chi connectivity index (χ1v) is 7.75. The second-order valence-corrected chi connectivity index (χ2v) is 5.47. The number of hydrogen-bond acceptors (Lipinski definition) is 5. The third kappa shape index (κ3) is 4.36. The third-order valence-electron chi connectivity index (χ3n) is 3.40. The van der Waals surface area contributed by atoms with E-state index in [0.717, 1.165) is 13.1 Å². The van der Waals surface area contributed by atoms with Gasteiger partial charge in [0.05, 0.1) is 12.2 Å². The van der Waals surface area contributed by atoms with Crippen LogP contribution in [0.15, 0.2) is 47.8 Å². The number of ether oxygens (including phenoxy) is 1. The smallest absolute Gasteiger partial charge is 0.330 e. The number of allylic oxidation sites excluding steroid dienone is 2. The summed E-state index contributed by atoms with van der Waals surface area (Å²) in [5, 5.41) is 3.74. The zero-order valence-corrected chi connectivity index (χ0v) is 13.9. The van der Waals surface area contributed by atoms with Gasteiger partial charge in [-0.1, -0.05) is 11.6 Å². The number of Topliss-reactive ketones (excluding diaryl/α,β-unsaturated/α-hetero) is 1. The predicted molar refractivity (Wildman–Crippen MR) is 89.2 cm³/mol. The van der Waals surface area contributed by atoms with Crippen LogP contribution in [-0.4, -0.2) is 43.4 Å². The molecule has 1 aromatic carbocycles. The number of esters is 1. The fourth-order valence-corrected chi connectivity index (χ4v) is 2.38. The molecular weight excluding hydrogens is 316 g/mol. The molecule has 0 saturated carbocycles. The maximum Gasteiger partial charge on any atom is 0.330 e. The van der Waals surface area contributed by atoms with Crippen molar-refractivity contribution in [1.29, 1.82) is 0 Å². The average Bonchev–Trinajstić information content (AvgIpc) is 2.94. The Morgan fingerprint density at radius 1 is 1.30 bits per heavy atom. The maximum atomic E-state index is 12.8. The SMILES string of the molecule is CCOC(=O)/C=C/C(C(=O)c1ccc(Cl)cc1)=C1/NCCN1C. The molecule has 0 bridgehead atoms. The van der Waals surface area contributed by atoms with Crippen LogP contribution in [-0.2, 0) is 9.53 Å². The van der Waals surface area contributed by atoms with Gasteiger partial charge in [0, 0.05) is 36.8 Å². The number of ketones is 1. The van der Waals surface area contributed by atoms with Crippen LogP contribution in [0.2, 0.25) is 5.02 Å². The van der Waals surface area contributed by atoms with Crippen molar-refractivity contribution in [2.45, 2.75) is 6.92 Å². The van der Waals surface area contributed by atoms with Gasteiger partial charge in [-0.25, -0.2) is 4.79 Å². The van der Waals surface area contributed by atoms with Crippen molar-refractivity contribution in [3.05, 3.63) is 58.4 Å². The molecule has 0 amide bonds. The number of benzene rings is 1. The molecule has 1 fully saturated rings. The summed E-state index contributed by atoms with van der Waals surface area (Å²) in [6, 6.07) is 6.66. The van der Waals surface area contributed by atoms with Gasteiger partial charge in [-0.05, 0) is 37.3 Å². The molecule has 1 aliphatic heterocycles. The molecule has 0 radical (unpaired) electrons. The van der Waals surface area contributed by atoms with Crippen molar-refractivity contribution in [3.63, 3.8) is 0 Å². The summed E-state index contributed by atoms with van der Waals surface area (Å²) in [7, 11) is 1.89. The largest absolute Gasteiger partial charge is 0.463 e. The number of carbonyl (C=O) groups excluding carboxylic acids is 2. The van der Waals surface area contributed by atoms with Crippen LogP contribution in [0.25, 0.3) is 0 Å². The number of rotatable bonds is 5. The van der Waals surface area contributed by atoms with Crippen LogP contribution in [0, 0.1) is 0 Å². The quantitative estimate of drug-likeness (QED) is 0.509. The van der Waals surface area contributed by atoms with Crippen LogP contribution >= 0.6 is 11.6 Å². The van der Waals surface area contributed by atoms with E-state index in [9.17, 15) is 9.59 Å². The highest BCUT2D eigenvalue weighted by molar-refractivity contribution is 6.30. The van der Waals surface area contributed by atoms with Gasteiger partial charge in [0.15, 0.2) is 5.78 Å². The van der Waals surface area contributed by atoms with E-state index in [1.165, 1.54) is 12.2 Å². The van der Waals surface area contributed by atoms with E-state index in [1.54, 1.807) is 31.2 Å². The van der Waals surface area contributed by atoms with E-state index in [0.29, 0.717) is 28.6 Å². The zero-order chi connectivity index (χ0) is 16.8. The molecule has 1 aromatic rings. The minimum absolute atomic E-state index is 0.182. The highest BCUT2D eigenvalue weighted by Gasteiger charge is 2.21. The molecule has 0 aromatic heterocycles. The summed E-state index contributed by atoms with van der Waals surface area (Å²) in [6.07, 6.45) is 2.77. The van der Waals surface area contributed by atoms with Crippen molar-refractivity contribution >= 4 is 23.4 Å². The van der Waals surface area contributed by atoms with Gasteiger partial charge in [-0.3, -0.25) is 4.79 Å². The molecule has 1 saturated heterocycles. The number of carbonyl (C=O) groups is 2. The van der Waals surface area contributed by atoms with Crippen molar-refractivity contribution < 1.29 is 14.3 Å². The second kappa shape index (κ2) is 7.83. The van der Waals surface area contributed by atoms with Crippen molar-refractivity contribution in [2.75, 3.05) is 26.7 Å². The highest BCUT2D eigenvalue weighted by Crippen LogP contribution is 2.19. The fraction of sp³-hybridized carbons (Fsp3) is 0.294. The summed E-state index contributed by atoms with van der Waals surface area (Å²) < 4.78 is 4.87. The lowest BCUT2D eigenvalue weighted by atomic mass is 10.0. The molecule has 23 heavy (non-hydrogen) atoms. The number of hydrogen-bond donors (Lipinski definition) is 1. The Morgan fingerprint density at radius 2 is 2.00 bits per heavy atom. The first-order chi connectivity index (χ1) is 11.0. The van der Waals surface area contributed by atoms with Crippen LogP contribution in [0.1, 0.15) is 17.3 Å². The van der Waals surface area contributed by atoms with E-state index in [4.69, 9.17) is 16.3 Å². The van der Waals surface area contributed by atoms with E-state index >= 15 is 0 Å². The lowest BCUT2D eigenvalue weighted by molar-refractivity contribution is -0.137. The van der Waals surface area contributed by atoms with Gasteiger partial charge < -0.3 is 15.0 Å². The lowest BCUT2D eigenvalue weighted by Gasteiger charge is -2.15. The average molecular weight is 335 g/mol. The molecule has 6 heteroatoms. The zero-order valence-electron chi connectivity index (χ0n) is 13.1. The van der Waals surface area contributed by atoms with Crippen LogP contribution < -0.4 is 5.32 Å². The molecular formula is C17H19ClN2O3. The minimum atomic E-state index is -0.477. The van der Waals surface area contributed by atoms with E-state index < -0.39 is 5.97 Å². The molecule has 1 N–H and O–H groups in total. The van der Waals surface area contributed by atoms with Gasteiger partial charge in [0.1, 0.15) is 5.82 Å². The molecule has 5 nitrogen and oxygen atoms in total. The van der Waals surface area contributed by atoms with E-state index in [-0.39, 0.29) is 5.78 Å². The van der Waals surface area contributed by atoms with Crippen molar-refractivity contribution in [2.24, 2.45) is 0 Å². The molecule has 0 atom stereocenters. The third-order valence-corrected chi connectivity index (χ3v) is 3.65. The first-order valence-electron chi connectivity index (χ1n) is 7.37. The number of nitrogens with one attached hydrogen (secondary N) is 1. The van der Waals surface area contributed by atoms with Gasteiger partial charge >= 0.3 is 5.97 Å². The summed E-state index contributed by atoms with van der Waals surface area (Å²) in [5.74, 6) is 0.0409. The van der Waals surface area contributed by atoms with Gasteiger partial charge in [-0.2, -0.15) is 0 Å². The number of likely N-dealkylation sites (N-methyl/N-ethyl adjacent to an activating group) is 1. The molecule has 0 spiro atoms. The normalized spacial score (nSPS) is 16.4. The van der Waals surface area contributed by atoms with Crippen LogP contribution in [0.5, 0.6) is 0 Å². The summed E-state index contributed by atoms with van der Waals surface area (Å²) >= 11 is 5.86. The Morgan fingerprint density at radius 3 is 2.57 bits per heavy atom. The Bertz CT molecular complexity index is 650. The Hall–Kier alpha value is -2.27. The Kier molecular flexibility index (Phi) is 5.82. The molecule has 0 aliphatic carbocycles. The van der Waals surface area contributed by atoms with Crippen molar-refractivity contribution in [1.82, 2.24) is 10.2 Å². The molecule has 2 rings (SSSR count). The lowest BCUT2D eigenvalue weighted by Crippen LogP contribution is -2.20. The van der Waals surface area contributed by atoms with Crippen molar-refractivity contribution in [3.8, 4) is 0 Å². The topological polar surface area (TPSA) is 58.6 Å². The summed E-state index contributed by atoms with van der Waals surface area (Å²) in [5.41, 5.74) is 0.924. The van der Waals surface area contributed by atoms with Gasteiger partial charge in [-0.15, -0.1) is 0 Å². The number of nitrogens with zero attached hydrogens (tertiary/aromatic N) is 1. The van der Waals surface area contributed by atoms with E-state index in [1.807, 2.05) is 11.9 Å². The minimum Gasteiger partial charge on any atom is -0.463 e. The maximum absolute atomic E-state index is 12.8. The van der Waals surface area contributed by atoms with Gasteiger partial charge in [0.25, 0.3) is 0 Å². The monoisotopic (exact) mass is 334 g/mol. The summed E-state index contributed by atoms with van der Waals surface area (Å²) in [6.45, 7) is 3.56. The number of halogens is 1. The summed E-state index contributed by atoms with van der Waals surface area (Å²) in [4.78, 5) is 26.3. The second-order valence-electron chi connectivity index (χ2n) is 5.03. The Balaban J connectivity index is 2.36. The molecule has 1 aliphatic rings. The highest BCUT2D eigenvalue weighted by atomic mass is 35.5. The standard InChI is InChI=1S/C17H19ClN2O3/c1-3-23-15(21)9-8-14(17-19-10-11-20(17)2)16(22)12-4-6-13(18)7-5-12/h4-9,19H,3,10-11H2,1-2H3/b9-8+,17-14+. The first kappa shape index (κ1) is 17.1. The van der Waals surface area contributed by atoms with Gasteiger partial charge in [0.2, 0.25) is 0 Å². The molecule has 122 valence electrons. The fourth-order valence-electron chi connectivity index (χ4n) is 2.25. The predicted octanol–water partition coefficient (Wildman–Crippen LogP) is 2.39. The van der Waals surface area contributed by atoms with E-state index in [2.05, 4.69) is 5.32 Å². The van der Waals surface area contributed by atoms with Crippen LogP contribution in [0.4, 0.5) is 0 Å².